The molecule has 1 saturated heterocycles. The van der Waals surface area contributed by atoms with Crippen LogP contribution in [-0.2, 0) is 4.79 Å². The number of nitrogens with one attached hydrogen (secondary N) is 3. The van der Waals surface area contributed by atoms with Crippen LogP contribution in [0.5, 0.6) is 0 Å². The van der Waals surface area contributed by atoms with Gasteiger partial charge in [-0.2, -0.15) is 0 Å². The van der Waals surface area contributed by atoms with Crippen molar-refractivity contribution in [2.45, 2.75) is 71.4 Å². The molecule has 1 aliphatic carbocycles. The normalized spacial score (nSPS) is 27.0. The Hall–Kier alpha value is -0.570. The molecule has 6 nitrogen and oxygen atoms in total. The van der Waals surface area contributed by atoms with Crippen LogP contribution < -0.4 is 16.0 Å². The van der Waals surface area contributed by atoms with Gasteiger partial charge >= 0.3 is 0 Å². The number of aliphatic imine (C=N–C) groups is 1. The summed E-state index contributed by atoms with van der Waals surface area (Å²) in [6.45, 7) is 10.2. The van der Waals surface area contributed by atoms with E-state index >= 15 is 0 Å². The minimum Gasteiger partial charge on any atom is -0.357 e. The predicted molar refractivity (Wildman–Crippen MR) is 124 cm³/mol. The number of carbonyl (C=O) groups is 1. The van der Waals surface area contributed by atoms with E-state index in [0.717, 1.165) is 51.3 Å². The van der Waals surface area contributed by atoms with Crippen molar-refractivity contribution >= 4 is 35.8 Å². The average Bonchev–Trinajstić information content (AvgIpc) is 2.60. The molecule has 2 rings (SSSR count). The molecule has 0 aromatic carbocycles. The highest BCUT2D eigenvalue weighted by atomic mass is 127. The molecule has 1 saturated carbocycles. The molecular formula is C20H40IN5O. The molecule has 3 atom stereocenters. The Morgan fingerprint density at radius 3 is 2.67 bits per heavy atom. The van der Waals surface area contributed by atoms with Crippen LogP contribution in [0.15, 0.2) is 4.99 Å². The first-order valence-electron chi connectivity index (χ1n) is 10.5. The van der Waals surface area contributed by atoms with Crippen LogP contribution in [0.1, 0.15) is 59.3 Å². The molecule has 1 amide bonds. The molecule has 3 unspecified atom stereocenters. The van der Waals surface area contributed by atoms with E-state index in [1.807, 2.05) is 13.8 Å². The van der Waals surface area contributed by atoms with Crippen molar-refractivity contribution in [3.63, 3.8) is 0 Å². The molecule has 0 bridgehead atoms. The molecule has 0 radical (unpaired) electrons. The van der Waals surface area contributed by atoms with Gasteiger partial charge in [-0.15, -0.1) is 24.0 Å². The van der Waals surface area contributed by atoms with E-state index in [-0.39, 0.29) is 41.8 Å². The summed E-state index contributed by atoms with van der Waals surface area (Å²) in [5.41, 5.74) is 0. The molecule has 1 heterocycles. The van der Waals surface area contributed by atoms with Crippen LogP contribution >= 0.6 is 24.0 Å². The second-order valence-corrected chi connectivity index (χ2v) is 8.36. The second-order valence-electron chi connectivity index (χ2n) is 8.36. The van der Waals surface area contributed by atoms with Crippen LogP contribution in [0, 0.1) is 11.8 Å². The standard InChI is InChI=1S/C20H39N5O.HI/c1-5-21-20(22-13-16-8-7-11-25(4)14-16)24-18-10-6-9-17(12-18)19(26)23-15(2)3;/h15-18H,5-14H2,1-4H3,(H,23,26)(H2,21,22,24);1H. The van der Waals surface area contributed by atoms with Gasteiger partial charge in [0.15, 0.2) is 5.96 Å². The lowest BCUT2D eigenvalue weighted by molar-refractivity contribution is -0.126. The third-order valence-corrected chi connectivity index (χ3v) is 5.39. The largest absolute Gasteiger partial charge is 0.357 e. The summed E-state index contributed by atoms with van der Waals surface area (Å²) in [5, 5.41) is 10.0. The van der Waals surface area contributed by atoms with Gasteiger partial charge in [-0.3, -0.25) is 9.79 Å². The minimum absolute atomic E-state index is 0. The van der Waals surface area contributed by atoms with Gasteiger partial charge in [0.2, 0.25) is 5.91 Å². The Bertz CT molecular complexity index is 471. The van der Waals surface area contributed by atoms with Gasteiger partial charge < -0.3 is 20.9 Å². The molecule has 158 valence electrons. The number of hydrogen-bond donors (Lipinski definition) is 3. The Balaban J connectivity index is 0.00000364. The van der Waals surface area contributed by atoms with Crippen molar-refractivity contribution in [3.05, 3.63) is 0 Å². The monoisotopic (exact) mass is 493 g/mol. The van der Waals surface area contributed by atoms with Gasteiger partial charge in [-0.25, -0.2) is 0 Å². The molecule has 0 aromatic rings. The van der Waals surface area contributed by atoms with Crippen LogP contribution in [-0.4, -0.2) is 62.1 Å². The number of hydrogen-bond acceptors (Lipinski definition) is 3. The van der Waals surface area contributed by atoms with Crippen molar-refractivity contribution in [2.24, 2.45) is 16.8 Å². The summed E-state index contributed by atoms with van der Waals surface area (Å²) in [5.74, 6) is 1.90. The molecule has 2 fully saturated rings. The number of carbonyl (C=O) groups excluding carboxylic acids is 1. The van der Waals surface area contributed by atoms with E-state index in [1.54, 1.807) is 0 Å². The molecule has 7 heteroatoms. The topological polar surface area (TPSA) is 68.8 Å². The molecule has 27 heavy (non-hydrogen) atoms. The number of likely N-dealkylation sites (tertiary alicyclic amines) is 1. The maximum Gasteiger partial charge on any atom is 0.223 e. The number of halogens is 1. The number of guanidine groups is 1. The fourth-order valence-electron chi connectivity index (χ4n) is 4.12. The molecule has 2 aliphatic rings. The summed E-state index contributed by atoms with van der Waals surface area (Å²) in [6, 6.07) is 0.543. The number of piperidine rings is 1. The smallest absolute Gasteiger partial charge is 0.223 e. The summed E-state index contributed by atoms with van der Waals surface area (Å²) in [6.07, 6.45) is 6.65. The van der Waals surface area contributed by atoms with Crippen LogP contribution in [0.4, 0.5) is 0 Å². The quantitative estimate of drug-likeness (QED) is 0.302. The summed E-state index contributed by atoms with van der Waals surface area (Å²) in [7, 11) is 2.20. The summed E-state index contributed by atoms with van der Waals surface area (Å²) >= 11 is 0. The first-order valence-corrected chi connectivity index (χ1v) is 10.5. The minimum atomic E-state index is 0. The Kier molecular flexibility index (Phi) is 11.6. The third-order valence-electron chi connectivity index (χ3n) is 5.39. The number of nitrogens with zero attached hydrogens (tertiary/aromatic N) is 2. The fraction of sp³-hybridized carbons (Fsp3) is 0.900. The maximum absolute atomic E-state index is 12.3. The van der Waals surface area contributed by atoms with Gasteiger partial charge in [-0.05, 0) is 72.4 Å². The van der Waals surface area contributed by atoms with E-state index in [0.29, 0.717) is 12.0 Å². The lowest BCUT2D eigenvalue weighted by Gasteiger charge is -2.31. The second kappa shape index (κ2) is 12.8. The molecule has 3 N–H and O–H groups in total. The van der Waals surface area contributed by atoms with Crippen LogP contribution in [0.25, 0.3) is 0 Å². The van der Waals surface area contributed by atoms with Crippen molar-refractivity contribution in [3.8, 4) is 0 Å². The maximum atomic E-state index is 12.3. The van der Waals surface area contributed by atoms with E-state index < -0.39 is 0 Å². The first kappa shape index (κ1) is 24.5. The predicted octanol–water partition coefficient (Wildman–Crippen LogP) is 2.58. The number of rotatable bonds is 6. The SMILES string of the molecule is CCNC(=NCC1CCCN(C)C1)NC1CCCC(C(=O)NC(C)C)C1.I. The zero-order chi connectivity index (χ0) is 18.9. The first-order chi connectivity index (χ1) is 12.5. The lowest BCUT2D eigenvalue weighted by atomic mass is 9.85. The Morgan fingerprint density at radius 2 is 2.00 bits per heavy atom. The van der Waals surface area contributed by atoms with E-state index in [2.05, 4.69) is 34.8 Å². The van der Waals surface area contributed by atoms with Crippen LogP contribution in [0.3, 0.4) is 0 Å². The van der Waals surface area contributed by atoms with Crippen molar-refractivity contribution in [1.82, 2.24) is 20.9 Å². The zero-order valence-corrected chi connectivity index (χ0v) is 19.9. The van der Waals surface area contributed by atoms with Gasteiger partial charge in [0.1, 0.15) is 0 Å². The third kappa shape index (κ3) is 8.98. The van der Waals surface area contributed by atoms with Crippen molar-refractivity contribution in [1.29, 1.82) is 0 Å². The van der Waals surface area contributed by atoms with Gasteiger partial charge in [0.05, 0.1) is 0 Å². The van der Waals surface area contributed by atoms with Gasteiger partial charge in [0.25, 0.3) is 0 Å². The average molecular weight is 493 g/mol. The Morgan fingerprint density at radius 1 is 1.22 bits per heavy atom. The molecule has 0 aromatic heterocycles. The van der Waals surface area contributed by atoms with Crippen LogP contribution in [0.2, 0.25) is 0 Å². The lowest BCUT2D eigenvalue weighted by Crippen LogP contribution is -2.47. The fourth-order valence-corrected chi connectivity index (χ4v) is 4.12. The van der Waals surface area contributed by atoms with Crippen molar-refractivity contribution in [2.75, 3.05) is 33.2 Å². The number of amides is 1. The molecule has 1 aliphatic heterocycles. The highest BCUT2D eigenvalue weighted by Crippen LogP contribution is 2.24. The van der Waals surface area contributed by atoms with E-state index in [1.165, 1.54) is 19.4 Å². The molecule has 0 spiro atoms. The van der Waals surface area contributed by atoms with E-state index in [9.17, 15) is 4.79 Å². The summed E-state index contributed by atoms with van der Waals surface area (Å²) < 4.78 is 0. The van der Waals surface area contributed by atoms with Gasteiger partial charge in [0, 0.05) is 37.6 Å². The highest BCUT2D eigenvalue weighted by molar-refractivity contribution is 14.0. The molecular weight excluding hydrogens is 453 g/mol. The highest BCUT2D eigenvalue weighted by Gasteiger charge is 2.28. The van der Waals surface area contributed by atoms with E-state index in [4.69, 9.17) is 4.99 Å². The van der Waals surface area contributed by atoms with Gasteiger partial charge in [-0.1, -0.05) is 6.42 Å². The summed E-state index contributed by atoms with van der Waals surface area (Å²) in [4.78, 5) is 19.6. The zero-order valence-electron chi connectivity index (χ0n) is 17.6. The van der Waals surface area contributed by atoms with Crippen molar-refractivity contribution < 1.29 is 4.79 Å². The Labute approximate surface area is 182 Å².